The molecule has 1 rings (SSSR count). The third kappa shape index (κ3) is 4.65. The first-order valence-corrected chi connectivity index (χ1v) is 7.07. The summed E-state index contributed by atoms with van der Waals surface area (Å²) in [5, 5.41) is 8.16. The second kappa shape index (κ2) is 7.83. The van der Waals surface area contributed by atoms with Crippen molar-refractivity contribution in [1.29, 1.82) is 5.41 Å². The van der Waals surface area contributed by atoms with E-state index in [0.717, 1.165) is 12.1 Å². The molecule has 0 aromatic heterocycles. The molecule has 1 unspecified atom stereocenters. The molecular weight excluding hydrogens is 196 g/mol. The number of unbranched alkanes of at least 4 members (excludes halogenated alkanes) is 2. The number of hydrogen-bond donors (Lipinski definition) is 1. The largest absolute Gasteiger partial charge is 0.309 e. The van der Waals surface area contributed by atoms with Gasteiger partial charge in [0.15, 0.2) is 0 Å². The normalized spacial score (nSPS) is 23.0. The summed E-state index contributed by atoms with van der Waals surface area (Å²) in [6, 6.07) is 0. The van der Waals surface area contributed by atoms with Crippen LogP contribution in [0.15, 0.2) is 0 Å². The summed E-state index contributed by atoms with van der Waals surface area (Å²) in [7, 11) is 0. The summed E-state index contributed by atoms with van der Waals surface area (Å²) in [4.78, 5) is 2.53. The molecule has 0 amide bonds. The second-order valence-corrected chi connectivity index (χ2v) is 5.04. The van der Waals surface area contributed by atoms with Gasteiger partial charge in [0.1, 0.15) is 0 Å². The van der Waals surface area contributed by atoms with Gasteiger partial charge in [0.25, 0.3) is 0 Å². The predicted octanol–water partition coefficient (Wildman–Crippen LogP) is 3.71. The first-order chi connectivity index (χ1) is 7.77. The van der Waals surface area contributed by atoms with Gasteiger partial charge >= 0.3 is 0 Å². The van der Waals surface area contributed by atoms with Crippen LogP contribution in [0.2, 0.25) is 0 Å². The third-order valence-electron chi connectivity index (χ3n) is 3.81. The number of nitrogens with one attached hydrogen (secondary N) is 1. The SMILES string of the molecule is CCCCCC(=N)C1CCCN(CC)CC1. The zero-order valence-electron chi connectivity index (χ0n) is 11.1. The molecule has 0 aromatic rings. The highest BCUT2D eigenvalue weighted by Crippen LogP contribution is 2.20. The molecule has 1 N–H and O–H groups in total. The Morgan fingerprint density at radius 2 is 2.00 bits per heavy atom. The Morgan fingerprint density at radius 1 is 1.19 bits per heavy atom. The average Bonchev–Trinajstić information content (AvgIpc) is 2.54. The molecule has 94 valence electrons. The lowest BCUT2D eigenvalue weighted by atomic mass is 9.92. The molecule has 16 heavy (non-hydrogen) atoms. The van der Waals surface area contributed by atoms with Crippen molar-refractivity contribution < 1.29 is 0 Å². The van der Waals surface area contributed by atoms with Gasteiger partial charge in [-0.25, -0.2) is 0 Å². The van der Waals surface area contributed by atoms with Crippen molar-refractivity contribution in [2.75, 3.05) is 19.6 Å². The lowest BCUT2D eigenvalue weighted by molar-refractivity contribution is 0.299. The number of hydrogen-bond acceptors (Lipinski definition) is 2. The molecule has 1 fully saturated rings. The molecule has 0 aliphatic carbocycles. The summed E-state index contributed by atoms with van der Waals surface area (Å²) >= 11 is 0. The molecule has 0 aromatic carbocycles. The summed E-state index contributed by atoms with van der Waals surface area (Å²) in [5.74, 6) is 0.591. The Bertz CT molecular complexity index is 201. The van der Waals surface area contributed by atoms with E-state index >= 15 is 0 Å². The van der Waals surface area contributed by atoms with E-state index in [4.69, 9.17) is 5.41 Å². The monoisotopic (exact) mass is 224 g/mol. The van der Waals surface area contributed by atoms with Gasteiger partial charge in [-0.3, -0.25) is 0 Å². The summed E-state index contributed by atoms with van der Waals surface area (Å²) in [5.41, 5.74) is 1.03. The van der Waals surface area contributed by atoms with Crippen molar-refractivity contribution in [3.8, 4) is 0 Å². The highest BCUT2D eigenvalue weighted by atomic mass is 15.1. The maximum Gasteiger partial charge on any atom is 0.0120 e. The summed E-state index contributed by atoms with van der Waals surface area (Å²) < 4.78 is 0. The van der Waals surface area contributed by atoms with Crippen molar-refractivity contribution in [2.24, 2.45) is 5.92 Å². The van der Waals surface area contributed by atoms with Crippen LogP contribution in [0.3, 0.4) is 0 Å². The van der Waals surface area contributed by atoms with Crippen LogP contribution >= 0.6 is 0 Å². The molecule has 0 spiro atoms. The molecule has 0 bridgehead atoms. The van der Waals surface area contributed by atoms with Crippen LogP contribution in [-0.2, 0) is 0 Å². The minimum absolute atomic E-state index is 0.591. The molecule has 2 nitrogen and oxygen atoms in total. The smallest absolute Gasteiger partial charge is 0.0120 e. The molecular formula is C14H28N2. The predicted molar refractivity (Wildman–Crippen MR) is 71.3 cm³/mol. The zero-order chi connectivity index (χ0) is 11.8. The Labute approximate surface area is 101 Å². The van der Waals surface area contributed by atoms with Crippen LogP contribution in [0, 0.1) is 11.3 Å². The van der Waals surface area contributed by atoms with Crippen molar-refractivity contribution in [3.05, 3.63) is 0 Å². The molecule has 1 saturated heterocycles. The summed E-state index contributed by atoms with van der Waals surface area (Å²) in [6.45, 7) is 8.10. The first kappa shape index (κ1) is 13.7. The molecule has 1 atom stereocenters. The van der Waals surface area contributed by atoms with Crippen molar-refractivity contribution in [1.82, 2.24) is 4.90 Å². The maximum atomic E-state index is 8.16. The van der Waals surface area contributed by atoms with E-state index in [0.29, 0.717) is 5.92 Å². The second-order valence-electron chi connectivity index (χ2n) is 5.04. The van der Waals surface area contributed by atoms with Crippen LogP contribution in [0.1, 0.15) is 58.8 Å². The van der Waals surface area contributed by atoms with Crippen molar-refractivity contribution >= 4 is 5.71 Å². The van der Waals surface area contributed by atoms with Gasteiger partial charge < -0.3 is 10.3 Å². The zero-order valence-corrected chi connectivity index (χ0v) is 11.1. The fourth-order valence-electron chi connectivity index (χ4n) is 2.59. The van der Waals surface area contributed by atoms with E-state index in [-0.39, 0.29) is 0 Å². The first-order valence-electron chi connectivity index (χ1n) is 7.07. The highest BCUT2D eigenvalue weighted by molar-refractivity contribution is 5.83. The molecule has 1 heterocycles. The van der Waals surface area contributed by atoms with Gasteiger partial charge in [0, 0.05) is 5.71 Å². The summed E-state index contributed by atoms with van der Waals surface area (Å²) in [6.07, 6.45) is 8.58. The van der Waals surface area contributed by atoms with Crippen LogP contribution < -0.4 is 0 Å². The lowest BCUT2D eigenvalue weighted by Gasteiger charge is -2.18. The van der Waals surface area contributed by atoms with E-state index in [1.807, 2.05) is 0 Å². The van der Waals surface area contributed by atoms with E-state index in [1.54, 1.807) is 0 Å². The van der Waals surface area contributed by atoms with Crippen LogP contribution in [0.5, 0.6) is 0 Å². The van der Waals surface area contributed by atoms with Crippen LogP contribution in [0.25, 0.3) is 0 Å². The minimum atomic E-state index is 0.591. The minimum Gasteiger partial charge on any atom is -0.309 e. The Balaban J connectivity index is 2.27. The van der Waals surface area contributed by atoms with Gasteiger partial charge in [-0.05, 0) is 57.7 Å². The number of rotatable bonds is 6. The number of likely N-dealkylation sites (tertiary alicyclic amines) is 1. The number of nitrogens with zero attached hydrogens (tertiary/aromatic N) is 1. The average molecular weight is 224 g/mol. The topological polar surface area (TPSA) is 27.1 Å². The molecule has 2 heteroatoms. The fourth-order valence-corrected chi connectivity index (χ4v) is 2.59. The van der Waals surface area contributed by atoms with Crippen molar-refractivity contribution in [2.45, 2.75) is 58.8 Å². The Kier molecular flexibility index (Phi) is 6.70. The maximum absolute atomic E-state index is 8.16. The Hall–Kier alpha value is -0.370. The molecule has 1 aliphatic rings. The molecule has 0 saturated carbocycles. The van der Waals surface area contributed by atoms with E-state index in [9.17, 15) is 0 Å². The van der Waals surface area contributed by atoms with E-state index in [1.165, 1.54) is 58.2 Å². The Morgan fingerprint density at radius 3 is 2.69 bits per heavy atom. The third-order valence-corrected chi connectivity index (χ3v) is 3.81. The fraction of sp³-hybridized carbons (Fsp3) is 0.929. The van der Waals surface area contributed by atoms with Gasteiger partial charge in [-0.2, -0.15) is 0 Å². The quantitative estimate of drug-likeness (QED) is 0.540. The van der Waals surface area contributed by atoms with E-state index < -0.39 is 0 Å². The van der Waals surface area contributed by atoms with Gasteiger partial charge in [-0.1, -0.05) is 26.7 Å². The van der Waals surface area contributed by atoms with E-state index in [2.05, 4.69) is 18.7 Å². The standard InChI is InChI=1S/C14H28N2/c1-3-5-6-9-14(15)13-8-7-11-16(4-2)12-10-13/h13,15H,3-12H2,1-2H3. The van der Waals surface area contributed by atoms with Crippen LogP contribution in [-0.4, -0.2) is 30.2 Å². The van der Waals surface area contributed by atoms with Crippen LogP contribution in [0.4, 0.5) is 0 Å². The van der Waals surface area contributed by atoms with Gasteiger partial charge in [-0.15, -0.1) is 0 Å². The molecule has 1 aliphatic heterocycles. The van der Waals surface area contributed by atoms with Crippen molar-refractivity contribution in [3.63, 3.8) is 0 Å². The lowest BCUT2D eigenvalue weighted by Crippen LogP contribution is -2.24. The molecule has 0 radical (unpaired) electrons. The highest BCUT2D eigenvalue weighted by Gasteiger charge is 2.19. The van der Waals surface area contributed by atoms with Gasteiger partial charge in [0.2, 0.25) is 0 Å². The van der Waals surface area contributed by atoms with Gasteiger partial charge in [0.05, 0.1) is 0 Å².